The highest BCUT2D eigenvalue weighted by molar-refractivity contribution is 7.90. The number of amides is 1. The third kappa shape index (κ3) is 5.23. The van der Waals surface area contributed by atoms with Gasteiger partial charge in [0.05, 0.1) is 36.4 Å². The molecular formula is C32H37ClN2O6S. The summed E-state index contributed by atoms with van der Waals surface area (Å²) in [7, 11) is -3.96. The lowest BCUT2D eigenvalue weighted by molar-refractivity contribution is -0.125. The number of hydrogen-bond donors (Lipinski definition) is 2. The van der Waals surface area contributed by atoms with Crippen LogP contribution in [0.4, 0.5) is 5.69 Å². The van der Waals surface area contributed by atoms with Crippen molar-refractivity contribution in [2.45, 2.75) is 62.1 Å². The van der Waals surface area contributed by atoms with Gasteiger partial charge < -0.3 is 19.5 Å². The molecule has 1 saturated carbocycles. The van der Waals surface area contributed by atoms with Gasteiger partial charge in [0.2, 0.25) is 10.0 Å². The van der Waals surface area contributed by atoms with Crippen molar-refractivity contribution in [3.8, 4) is 5.75 Å². The maximum absolute atomic E-state index is 13.2. The van der Waals surface area contributed by atoms with E-state index in [1.54, 1.807) is 24.3 Å². The van der Waals surface area contributed by atoms with E-state index in [9.17, 15) is 18.3 Å². The summed E-state index contributed by atoms with van der Waals surface area (Å²) < 4.78 is 40.6. The first kappa shape index (κ1) is 28.2. The zero-order chi connectivity index (χ0) is 29.1. The molecule has 5 aliphatic rings. The Labute approximate surface area is 252 Å². The van der Waals surface area contributed by atoms with Gasteiger partial charge in [-0.1, -0.05) is 29.8 Å². The molecule has 1 amide bonds. The minimum atomic E-state index is -3.96. The van der Waals surface area contributed by atoms with E-state index in [2.05, 4.69) is 21.8 Å². The van der Waals surface area contributed by atoms with Crippen LogP contribution in [-0.4, -0.2) is 63.2 Å². The molecule has 2 fully saturated rings. The largest absolute Gasteiger partial charge is 0.490 e. The maximum Gasteiger partial charge on any atom is 0.264 e. The predicted molar refractivity (Wildman–Crippen MR) is 161 cm³/mol. The van der Waals surface area contributed by atoms with Gasteiger partial charge in [-0.05, 0) is 85.4 Å². The lowest BCUT2D eigenvalue weighted by Crippen LogP contribution is -2.52. The fourth-order valence-corrected chi connectivity index (χ4v) is 8.84. The first-order valence-corrected chi connectivity index (χ1v) is 17.0. The summed E-state index contributed by atoms with van der Waals surface area (Å²) in [4.78, 5) is 15.6. The number of ether oxygens (including phenoxy) is 2. The van der Waals surface area contributed by atoms with Crippen LogP contribution >= 0.6 is 11.6 Å². The molecule has 2 aromatic rings. The average Bonchev–Trinajstić information content (AvgIpc) is 3.07. The fraction of sp³-hybridized carbons (Fsp3) is 0.531. The van der Waals surface area contributed by atoms with E-state index in [1.165, 1.54) is 17.2 Å². The van der Waals surface area contributed by atoms with Gasteiger partial charge in [0.15, 0.2) is 0 Å². The molecule has 7 rings (SSSR count). The summed E-state index contributed by atoms with van der Waals surface area (Å²) >= 11 is 6.39. The van der Waals surface area contributed by atoms with Crippen LogP contribution < -0.4 is 14.4 Å². The van der Waals surface area contributed by atoms with Crippen LogP contribution in [0.5, 0.6) is 5.75 Å². The Morgan fingerprint density at radius 1 is 1.12 bits per heavy atom. The number of sulfonamides is 1. The Balaban J connectivity index is 1.30. The highest BCUT2D eigenvalue weighted by Gasteiger charge is 2.47. The van der Waals surface area contributed by atoms with E-state index in [4.69, 9.17) is 21.1 Å². The number of carbonyl (C=O) groups excluding carboxylic acids is 1. The molecule has 2 aliphatic carbocycles. The van der Waals surface area contributed by atoms with Gasteiger partial charge in [-0.3, -0.25) is 4.79 Å². The second-order valence-corrected chi connectivity index (χ2v) is 15.1. The van der Waals surface area contributed by atoms with Crippen molar-refractivity contribution in [2.24, 2.45) is 11.8 Å². The fourth-order valence-electron chi connectivity index (χ4n) is 7.81. The van der Waals surface area contributed by atoms with Gasteiger partial charge in [-0.2, -0.15) is 0 Å². The summed E-state index contributed by atoms with van der Waals surface area (Å²) in [6, 6.07) is 11.4. The lowest BCUT2D eigenvalue weighted by atomic mass is 9.66. The number of benzene rings is 2. The summed E-state index contributed by atoms with van der Waals surface area (Å²) in [5.41, 5.74) is 2.20. The van der Waals surface area contributed by atoms with Gasteiger partial charge in [-0.25, -0.2) is 13.1 Å². The SMILES string of the molecule is O=C1NS(=O)(=O)C/C=C\[C@]2(O)CCO[C@@H](C2)[C@@H]2CC[C@H]2CN2C[C@@]3(CCCc4cc(Cl)ccc43)COc3ccc1cc32. The van der Waals surface area contributed by atoms with Crippen LogP contribution in [-0.2, 0) is 26.6 Å². The third-order valence-corrected chi connectivity index (χ3v) is 11.5. The molecule has 42 heavy (non-hydrogen) atoms. The van der Waals surface area contributed by atoms with Gasteiger partial charge in [0, 0.05) is 41.9 Å². The van der Waals surface area contributed by atoms with Gasteiger partial charge in [0.25, 0.3) is 5.91 Å². The number of anilines is 1. The Kier molecular flexibility index (Phi) is 7.08. The Morgan fingerprint density at radius 3 is 2.83 bits per heavy atom. The number of aliphatic hydroxyl groups is 1. The van der Waals surface area contributed by atoms with E-state index in [0.29, 0.717) is 44.3 Å². The molecule has 0 aromatic heterocycles. The number of carbonyl (C=O) groups is 1. The number of halogens is 1. The van der Waals surface area contributed by atoms with Crippen molar-refractivity contribution in [1.29, 1.82) is 0 Å². The van der Waals surface area contributed by atoms with Crippen molar-refractivity contribution in [2.75, 3.05) is 37.0 Å². The Hall–Kier alpha value is -2.59. The van der Waals surface area contributed by atoms with Crippen molar-refractivity contribution in [3.05, 3.63) is 70.3 Å². The topological polar surface area (TPSA) is 105 Å². The minimum Gasteiger partial charge on any atom is -0.490 e. The van der Waals surface area contributed by atoms with E-state index in [-0.39, 0.29) is 23.0 Å². The van der Waals surface area contributed by atoms with Crippen LogP contribution in [0, 0.1) is 11.8 Å². The first-order chi connectivity index (χ1) is 20.1. The minimum absolute atomic E-state index is 0.100. The molecule has 2 aromatic carbocycles. The molecule has 3 heterocycles. The van der Waals surface area contributed by atoms with Crippen LogP contribution in [0.15, 0.2) is 48.6 Å². The maximum atomic E-state index is 13.2. The molecule has 2 N–H and O–H groups in total. The Morgan fingerprint density at radius 2 is 2.00 bits per heavy atom. The summed E-state index contributed by atoms with van der Waals surface area (Å²) in [6.07, 6.45) is 8.83. The monoisotopic (exact) mass is 612 g/mol. The van der Waals surface area contributed by atoms with Crippen LogP contribution in [0.25, 0.3) is 0 Å². The second kappa shape index (κ2) is 10.5. The number of hydrogen-bond acceptors (Lipinski definition) is 7. The number of aryl methyl sites for hydroxylation is 1. The van der Waals surface area contributed by atoms with Crippen LogP contribution in [0.1, 0.15) is 60.0 Å². The summed E-state index contributed by atoms with van der Waals surface area (Å²) in [5, 5.41) is 12.1. The van der Waals surface area contributed by atoms with Crippen molar-refractivity contribution >= 4 is 33.2 Å². The van der Waals surface area contributed by atoms with Crippen LogP contribution in [0.3, 0.4) is 0 Å². The first-order valence-electron chi connectivity index (χ1n) is 15.0. The highest BCUT2D eigenvalue weighted by atomic mass is 35.5. The molecular weight excluding hydrogens is 576 g/mol. The number of rotatable bonds is 0. The van der Waals surface area contributed by atoms with E-state index in [0.717, 1.165) is 49.4 Å². The Bertz CT molecular complexity index is 1550. The molecule has 1 saturated heterocycles. The molecule has 0 radical (unpaired) electrons. The summed E-state index contributed by atoms with van der Waals surface area (Å²) in [6.45, 7) is 2.39. The van der Waals surface area contributed by atoms with Crippen molar-refractivity contribution in [1.82, 2.24) is 4.72 Å². The molecule has 0 unspecified atom stereocenters. The van der Waals surface area contributed by atoms with Crippen LogP contribution in [0.2, 0.25) is 5.02 Å². The zero-order valence-electron chi connectivity index (χ0n) is 23.6. The number of fused-ring (bicyclic) bond motifs is 7. The number of nitrogens with one attached hydrogen (secondary N) is 1. The van der Waals surface area contributed by atoms with E-state index in [1.807, 2.05) is 6.07 Å². The zero-order valence-corrected chi connectivity index (χ0v) is 25.1. The normalized spacial score (nSPS) is 34.6. The van der Waals surface area contributed by atoms with Crippen molar-refractivity contribution in [3.63, 3.8) is 0 Å². The highest BCUT2D eigenvalue weighted by Crippen LogP contribution is 2.48. The second-order valence-electron chi connectivity index (χ2n) is 12.9. The molecule has 8 nitrogen and oxygen atoms in total. The molecule has 4 bridgehead atoms. The summed E-state index contributed by atoms with van der Waals surface area (Å²) in [5.74, 6) is 0.250. The van der Waals surface area contributed by atoms with E-state index >= 15 is 0 Å². The molecule has 224 valence electrons. The molecule has 5 atom stereocenters. The van der Waals surface area contributed by atoms with Gasteiger partial charge >= 0.3 is 0 Å². The molecule has 10 heteroatoms. The molecule has 3 aliphatic heterocycles. The standard InChI is InChI=1S/C32H37ClN2O6S/c33-24-6-8-26-21(15-24)3-1-10-31(26)19-35-18-23-4-7-25(23)29-17-32(37,12-13-40-29)11-2-14-42(38,39)34-30(36)22-5-9-28(41-20-31)27(35)16-22/h2,5-6,8-9,11,15-16,23,25,29,37H,1,3-4,7,10,12-14,17-20H2,(H,34,36)/b11-2-/t23-,25+,29-,31-,32-/m0/s1. The average molecular weight is 613 g/mol. The predicted octanol–water partition coefficient (Wildman–Crippen LogP) is 4.38. The van der Waals surface area contributed by atoms with E-state index < -0.39 is 27.3 Å². The quantitative estimate of drug-likeness (QED) is 0.426. The third-order valence-electron chi connectivity index (χ3n) is 10.1. The number of nitrogens with zero attached hydrogens (tertiary/aromatic N) is 1. The van der Waals surface area contributed by atoms with Crippen molar-refractivity contribution < 1.29 is 27.8 Å². The lowest BCUT2D eigenvalue weighted by Gasteiger charge is -2.48. The van der Waals surface area contributed by atoms with Gasteiger partial charge in [-0.15, -0.1) is 0 Å². The molecule has 1 spiro atoms. The smallest absolute Gasteiger partial charge is 0.264 e. The van der Waals surface area contributed by atoms with Gasteiger partial charge in [0.1, 0.15) is 5.75 Å².